The van der Waals surface area contributed by atoms with Gasteiger partial charge < -0.3 is 20.1 Å². The van der Waals surface area contributed by atoms with Gasteiger partial charge in [0.1, 0.15) is 10.8 Å². The molecule has 30 heavy (non-hydrogen) atoms. The Morgan fingerprint density at radius 3 is 2.40 bits per heavy atom. The number of amides is 2. The van der Waals surface area contributed by atoms with Crippen molar-refractivity contribution in [1.29, 1.82) is 0 Å². The third-order valence-electron chi connectivity index (χ3n) is 4.43. The first-order chi connectivity index (χ1) is 14.4. The van der Waals surface area contributed by atoms with Gasteiger partial charge in [0, 0.05) is 6.54 Å². The highest BCUT2D eigenvalue weighted by Crippen LogP contribution is 2.34. The Labute approximate surface area is 180 Å². The second kappa shape index (κ2) is 11.3. The number of anilines is 1. The van der Waals surface area contributed by atoms with Crippen molar-refractivity contribution in [2.45, 2.75) is 40.0 Å². The van der Waals surface area contributed by atoms with Crippen LogP contribution in [0.1, 0.15) is 57.8 Å². The van der Waals surface area contributed by atoms with E-state index < -0.39 is 5.97 Å². The molecule has 0 saturated carbocycles. The first kappa shape index (κ1) is 23.4. The molecule has 0 aliphatic heterocycles. The monoisotopic (exact) mass is 432 g/mol. The predicted molar refractivity (Wildman–Crippen MR) is 118 cm³/mol. The third-order valence-corrected chi connectivity index (χ3v) is 5.63. The number of hydrogen-bond donors (Lipinski definition) is 2. The van der Waals surface area contributed by atoms with Gasteiger partial charge in [0.05, 0.1) is 30.6 Å². The average Bonchev–Trinajstić information content (AvgIpc) is 3.04. The lowest BCUT2D eigenvalue weighted by Gasteiger charge is -2.07. The maximum atomic E-state index is 12.6. The molecular weight excluding hydrogens is 404 g/mol. The van der Waals surface area contributed by atoms with Gasteiger partial charge in [-0.05, 0) is 43.5 Å². The zero-order chi connectivity index (χ0) is 22.1. The van der Waals surface area contributed by atoms with E-state index in [1.807, 2.05) is 6.92 Å². The van der Waals surface area contributed by atoms with Crippen LogP contribution < -0.4 is 15.4 Å². The summed E-state index contributed by atoms with van der Waals surface area (Å²) in [5.74, 6) is -0.396. The predicted octanol–water partition coefficient (Wildman–Crippen LogP) is 3.95. The number of benzene rings is 1. The summed E-state index contributed by atoms with van der Waals surface area (Å²) >= 11 is 1.09. The number of methoxy groups -OCH3 is 1. The van der Waals surface area contributed by atoms with Crippen LogP contribution in [0.15, 0.2) is 24.3 Å². The zero-order valence-electron chi connectivity index (χ0n) is 17.8. The van der Waals surface area contributed by atoms with Gasteiger partial charge in [0.25, 0.3) is 5.91 Å². The number of ether oxygens (including phenoxy) is 2. The number of rotatable bonds is 10. The molecule has 2 rings (SSSR count). The number of thiophene rings is 1. The van der Waals surface area contributed by atoms with E-state index in [0.717, 1.165) is 29.7 Å². The Bertz CT molecular complexity index is 890. The molecule has 1 heterocycles. The minimum absolute atomic E-state index is 0.126. The van der Waals surface area contributed by atoms with Crippen molar-refractivity contribution in [3.8, 4) is 5.75 Å². The van der Waals surface area contributed by atoms with Crippen LogP contribution in [0.5, 0.6) is 5.75 Å². The lowest BCUT2D eigenvalue weighted by atomic mass is 10.1. The second-order valence-corrected chi connectivity index (χ2v) is 7.68. The first-order valence-electron chi connectivity index (χ1n) is 9.92. The van der Waals surface area contributed by atoms with E-state index in [2.05, 4.69) is 10.6 Å². The molecule has 1 aromatic heterocycles. The van der Waals surface area contributed by atoms with Gasteiger partial charge in [-0.3, -0.25) is 9.59 Å². The fourth-order valence-corrected chi connectivity index (χ4v) is 3.95. The highest BCUT2D eigenvalue weighted by molar-refractivity contribution is 7.18. The van der Waals surface area contributed by atoms with Crippen molar-refractivity contribution in [2.75, 3.05) is 25.6 Å². The maximum Gasteiger partial charge on any atom is 0.341 e. The normalized spacial score (nSPS) is 10.4. The minimum Gasteiger partial charge on any atom is -0.497 e. The molecule has 0 saturated heterocycles. The molecule has 0 bridgehead atoms. The number of esters is 1. The summed E-state index contributed by atoms with van der Waals surface area (Å²) in [7, 11) is 1.58. The SMILES string of the molecule is CCCCNC(=O)c1sc(NC(=O)Cc2ccc(OC)cc2)c(C(=O)OCC)c1C. The lowest BCUT2D eigenvalue weighted by Crippen LogP contribution is -2.24. The van der Waals surface area contributed by atoms with Gasteiger partial charge in [-0.2, -0.15) is 0 Å². The molecule has 0 unspecified atom stereocenters. The number of hydrogen-bond acceptors (Lipinski definition) is 6. The molecule has 162 valence electrons. The van der Waals surface area contributed by atoms with Crippen LogP contribution in [0.3, 0.4) is 0 Å². The largest absolute Gasteiger partial charge is 0.497 e. The number of unbranched alkanes of at least 4 members (excludes halogenated alkanes) is 1. The van der Waals surface area contributed by atoms with Crippen LogP contribution in [0.4, 0.5) is 5.00 Å². The van der Waals surface area contributed by atoms with Gasteiger partial charge in [-0.15, -0.1) is 11.3 Å². The molecule has 7 nitrogen and oxygen atoms in total. The summed E-state index contributed by atoms with van der Waals surface area (Å²) in [5, 5.41) is 5.95. The summed E-state index contributed by atoms with van der Waals surface area (Å²) in [6.45, 7) is 6.19. The Balaban J connectivity index is 2.22. The smallest absolute Gasteiger partial charge is 0.341 e. The molecule has 0 spiro atoms. The van der Waals surface area contributed by atoms with Gasteiger partial charge in [0.2, 0.25) is 5.91 Å². The van der Waals surface area contributed by atoms with Gasteiger partial charge in [-0.1, -0.05) is 25.5 Å². The van der Waals surface area contributed by atoms with Crippen molar-refractivity contribution < 1.29 is 23.9 Å². The van der Waals surface area contributed by atoms with Crippen LogP contribution in [-0.2, 0) is 16.0 Å². The van der Waals surface area contributed by atoms with Crippen LogP contribution in [0, 0.1) is 6.92 Å². The van der Waals surface area contributed by atoms with E-state index in [1.165, 1.54) is 0 Å². The maximum absolute atomic E-state index is 12.6. The fraction of sp³-hybridized carbons (Fsp3) is 0.409. The summed E-state index contributed by atoms with van der Waals surface area (Å²) in [4.78, 5) is 38.0. The van der Waals surface area contributed by atoms with E-state index in [-0.39, 0.29) is 30.4 Å². The highest BCUT2D eigenvalue weighted by Gasteiger charge is 2.26. The van der Waals surface area contributed by atoms with E-state index >= 15 is 0 Å². The molecule has 0 atom stereocenters. The van der Waals surface area contributed by atoms with Crippen LogP contribution >= 0.6 is 11.3 Å². The number of carbonyl (C=O) groups excluding carboxylic acids is 3. The molecule has 2 amide bonds. The van der Waals surface area contributed by atoms with E-state index in [0.29, 0.717) is 27.7 Å². The lowest BCUT2D eigenvalue weighted by molar-refractivity contribution is -0.115. The highest BCUT2D eigenvalue weighted by atomic mass is 32.1. The summed E-state index contributed by atoms with van der Waals surface area (Å²) < 4.78 is 10.3. The Hall–Kier alpha value is -2.87. The van der Waals surface area contributed by atoms with Crippen LogP contribution in [-0.4, -0.2) is 38.0 Å². The summed E-state index contributed by atoms with van der Waals surface area (Å²) in [6, 6.07) is 7.16. The minimum atomic E-state index is -0.557. The molecule has 2 aromatic rings. The molecule has 1 aromatic carbocycles. The Morgan fingerprint density at radius 2 is 1.80 bits per heavy atom. The standard InChI is InChI=1S/C22H28N2O5S/c1-5-7-12-23-20(26)19-14(3)18(22(27)29-6-2)21(30-19)24-17(25)13-15-8-10-16(28-4)11-9-15/h8-11H,5-7,12-13H2,1-4H3,(H,23,26)(H,24,25). The van der Waals surface area contributed by atoms with Crippen molar-refractivity contribution in [2.24, 2.45) is 0 Å². The molecule has 8 heteroatoms. The Morgan fingerprint density at radius 1 is 1.10 bits per heavy atom. The van der Waals surface area contributed by atoms with E-state index in [1.54, 1.807) is 45.2 Å². The van der Waals surface area contributed by atoms with Crippen LogP contribution in [0.25, 0.3) is 0 Å². The Kier molecular flexibility index (Phi) is 8.86. The van der Waals surface area contributed by atoms with E-state index in [9.17, 15) is 14.4 Å². The van der Waals surface area contributed by atoms with Gasteiger partial charge in [0.15, 0.2) is 0 Å². The summed E-state index contributed by atoms with van der Waals surface area (Å²) in [6.07, 6.45) is 1.96. The molecule has 0 radical (unpaired) electrons. The average molecular weight is 433 g/mol. The molecular formula is C22H28N2O5S. The molecule has 0 aliphatic carbocycles. The van der Waals surface area contributed by atoms with Crippen molar-refractivity contribution in [1.82, 2.24) is 5.32 Å². The molecule has 0 fully saturated rings. The van der Waals surface area contributed by atoms with Gasteiger partial charge in [-0.25, -0.2) is 4.79 Å². The second-order valence-electron chi connectivity index (χ2n) is 6.66. The van der Waals surface area contributed by atoms with E-state index in [4.69, 9.17) is 9.47 Å². The van der Waals surface area contributed by atoms with Crippen LogP contribution in [0.2, 0.25) is 0 Å². The quantitative estimate of drug-likeness (QED) is 0.438. The number of carbonyl (C=O) groups is 3. The first-order valence-corrected chi connectivity index (χ1v) is 10.7. The topological polar surface area (TPSA) is 93.7 Å². The van der Waals surface area contributed by atoms with Gasteiger partial charge >= 0.3 is 5.97 Å². The van der Waals surface area contributed by atoms with Crippen molar-refractivity contribution >= 4 is 34.1 Å². The van der Waals surface area contributed by atoms with Crippen molar-refractivity contribution in [3.05, 3.63) is 45.8 Å². The molecule has 2 N–H and O–H groups in total. The fourth-order valence-electron chi connectivity index (χ4n) is 2.83. The number of nitrogens with one attached hydrogen (secondary N) is 2. The zero-order valence-corrected chi connectivity index (χ0v) is 18.6. The summed E-state index contributed by atoms with van der Waals surface area (Å²) in [5.41, 5.74) is 1.54. The molecule has 0 aliphatic rings. The third kappa shape index (κ3) is 6.06. The van der Waals surface area contributed by atoms with Crippen molar-refractivity contribution in [3.63, 3.8) is 0 Å².